The first-order valence-corrected chi connectivity index (χ1v) is 8.91. The number of anilines is 1. The lowest BCUT2D eigenvalue weighted by Crippen LogP contribution is -2.17. The maximum absolute atomic E-state index is 13.0. The van der Waals surface area contributed by atoms with Gasteiger partial charge in [-0.25, -0.2) is 4.98 Å². The molecule has 0 radical (unpaired) electrons. The van der Waals surface area contributed by atoms with Crippen LogP contribution >= 0.6 is 46.4 Å². The molecule has 0 unspecified atom stereocenters. The number of methoxy groups -OCH3 is 1. The number of hydrogen-bond acceptors (Lipinski definition) is 4. The van der Waals surface area contributed by atoms with Crippen LogP contribution in [0, 0.1) is 0 Å². The van der Waals surface area contributed by atoms with Crippen molar-refractivity contribution in [1.82, 2.24) is 4.98 Å². The minimum atomic E-state index is -4.63. The summed E-state index contributed by atoms with van der Waals surface area (Å²) >= 11 is 23.4. The SMILES string of the molecule is COCCOc1ccc(C(F)(F)F)cc1NC(=O)c1nc(Cl)c(Cl)c(Cl)c1Cl. The number of pyridine rings is 1. The highest BCUT2D eigenvalue weighted by atomic mass is 35.5. The summed E-state index contributed by atoms with van der Waals surface area (Å²) in [7, 11) is 1.43. The zero-order valence-corrected chi connectivity index (χ0v) is 17.0. The van der Waals surface area contributed by atoms with Crippen molar-refractivity contribution >= 4 is 58.0 Å². The Balaban J connectivity index is 2.41. The Kier molecular flexibility index (Phi) is 7.64. The van der Waals surface area contributed by atoms with E-state index < -0.39 is 23.3 Å². The predicted octanol–water partition coefficient (Wildman–Crippen LogP) is 5.99. The van der Waals surface area contributed by atoms with Gasteiger partial charge in [0.15, 0.2) is 0 Å². The summed E-state index contributed by atoms with van der Waals surface area (Å²) < 4.78 is 49.2. The van der Waals surface area contributed by atoms with E-state index in [0.29, 0.717) is 6.07 Å². The molecule has 1 amide bonds. The highest BCUT2D eigenvalue weighted by Crippen LogP contribution is 2.38. The first kappa shape index (κ1) is 22.8. The summed E-state index contributed by atoms with van der Waals surface area (Å²) in [5.74, 6) is -0.970. The Morgan fingerprint density at radius 3 is 2.39 bits per heavy atom. The van der Waals surface area contributed by atoms with Crippen LogP contribution in [0.5, 0.6) is 5.75 Å². The van der Waals surface area contributed by atoms with E-state index in [0.717, 1.165) is 12.1 Å². The van der Waals surface area contributed by atoms with Gasteiger partial charge in [-0.3, -0.25) is 4.79 Å². The van der Waals surface area contributed by atoms with Crippen LogP contribution in [-0.2, 0) is 10.9 Å². The molecule has 0 aliphatic rings. The minimum absolute atomic E-state index is 0.0133. The van der Waals surface area contributed by atoms with Crippen molar-refractivity contribution in [3.63, 3.8) is 0 Å². The van der Waals surface area contributed by atoms with Crippen LogP contribution < -0.4 is 10.1 Å². The second-order valence-electron chi connectivity index (χ2n) is 5.20. The number of hydrogen-bond donors (Lipinski definition) is 1. The summed E-state index contributed by atoms with van der Waals surface area (Å²) in [6.45, 7) is 0.229. The number of nitrogens with one attached hydrogen (secondary N) is 1. The van der Waals surface area contributed by atoms with Crippen LogP contribution in [0.1, 0.15) is 16.1 Å². The summed E-state index contributed by atoms with van der Waals surface area (Å²) in [5, 5.41) is 1.30. The summed E-state index contributed by atoms with van der Waals surface area (Å²) in [4.78, 5) is 16.2. The molecule has 5 nitrogen and oxygen atoms in total. The Bertz CT molecular complexity index is 894. The molecule has 1 aromatic carbocycles. The monoisotopic (exact) mass is 476 g/mol. The molecule has 12 heteroatoms. The first-order chi connectivity index (χ1) is 13.1. The van der Waals surface area contributed by atoms with Gasteiger partial charge >= 0.3 is 6.18 Å². The second kappa shape index (κ2) is 9.37. The molecule has 0 spiro atoms. The maximum atomic E-state index is 13.0. The van der Waals surface area contributed by atoms with Crippen LogP contribution in [0.25, 0.3) is 0 Å². The van der Waals surface area contributed by atoms with E-state index in [1.165, 1.54) is 7.11 Å². The molecule has 0 bridgehead atoms. The Morgan fingerprint density at radius 2 is 1.79 bits per heavy atom. The van der Waals surface area contributed by atoms with Crippen molar-refractivity contribution in [3.05, 3.63) is 49.7 Å². The van der Waals surface area contributed by atoms with Gasteiger partial charge in [0.2, 0.25) is 0 Å². The largest absolute Gasteiger partial charge is 0.489 e. The van der Waals surface area contributed by atoms with E-state index in [4.69, 9.17) is 55.9 Å². The molecule has 152 valence electrons. The number of ether oxygens (including phenoxy) is 2. The number of rotatable bonds is 6. The number of carbonyl (C=O) groups is 1. The number of amides is 1. The van der Waals surface area contributed by atoms with Gasteiger partial charge in [0.25, 0.3) is 5.91 Å². The highest BCUT2D eigenvalue weighted by Gasteiger charge is 2.32. The van der Waals surface area contributed by atoms with Crippen LogP contribution in [0.4, 0.5) is 18.9 Å². The van der Waals surface area contributed by atoms with Gasteiger partial charge in [0.1, 0.15) is 23.2 Å². The summed E-state index contributed by atoms with van der Waals surface area (Å²) in [6, 6.07) is 2.61. The molecule has 0 fully saturated rings. The number of aromatic nitrogens is 1. The van der Waals surface area contributed by atoms with Crippen molar-refractivity contribution in [1.29, 1.82) is 0 Å². The number of benzene rings is 1. The lowest BCUT2D eigenvalue weighted by Gasteiger charge is -2.16. The molecule has 2 aromatic rings. The maximum Gasteiger partial charge on any atom is 0.416 e. The first-order valence-electron chi connectivity index (χ1n) is 7.40. The smallest absolute Gasteiger partial charge is 0.416 e. The lowest BCUT2D eigenvalue weighted by molar-refractivity contribution is -0.137. The van der Waals surface area contributed by atoms with Gasteiger partial charge in [-0.1, -0.05) is 46.4 Å². The van der Waals surface area contributed by atoms with Gasteiger partial charge in [-0.2, -0.15) is 13.2 Å². The zero-order chi connectivity index (χ0) is 21.1. The quantitative estimate of drug-likeness (QED) is 0.410. The predicted molar refractivity (Wildman–Crippen MR) is 101 cm³/mol. The molecule has 1 N–H and O–H groups in total. The van der Waals surface area contributed by atoms with Gasteiger partial charge in [0, 0.05) is 7.11 Å². The number of alkyl halides is 3. The van der Waals surface area contributed by atoms with Crippen molar-refractivity contribution in [2.75, 3.05) is 25.6 Å². The molecule has 0 saturated heterocycles. The standard InChI is InChI=1S/C16H11Cl4F3N2O3/c1-27-4-5-28-9-3-2-7(16(21,22)23)6-8(9)24-15(26)13-11(18)10(17)12(19)14(20)25-13/h2-3,6H,4-5H2,1H3,(H,24,26). The average Bonchev–Trinajstić information content (AvgIpc) is 2.63. The summed E-state index contributed by atoms with van der Waals surface area (Å²) in [5.41, 5.74) is -1.66. The second-order valence-corrected chi connectivity index (χ2v) is 6.69. The zero-order valence-electron chi connectivity index (χ0n) is 14.0. The van der Waals surface area contributed by atoms with E-state index in [1.54, 1.807) is 0 Å². The van der Waals surface area contributed by atoms with Crippen LogP contribution in [0.2, 0.25) is 20.2 Å². The third-order valence-corrected chi connectivity index (χ3v) is 4.98. The molecule has 0 aliphatic heterocycles. The fourth-order valence-corrected chi connectivity index (χ4v) is 2.80. The van der Waals surface area contributed by atoms with Crippen LogP contribution in [-0.4, -0.2) is 31.2 Å². The van der Waals surface area contributed by atoms with Crippen molar-refractivity contribution < 1.29 is 27.4 Å². The van der Waals surface area contributed by atoms with Gasteiger partial charge in [0.05, 0.1) is 32.9 Å². The molecule has 2 rings (SSSR count). The number of nitrogens with zero attached hydrogens (tertiary/aromatic N) is 1. The van der Waals surface area contributed by atoms with E-state index in [1.807, 2.05) is 0 Å². The van der Waals surface area contributed by atoms with Crippen molar-refractivity contribution in [3.8, 4) is 5.75 Å². The molecule has 0 atom stereocenters. The average molecular weight is 478 g/mol. The third kappa shape index (κ3) is 5.33. The molecule has 1 heterocycles. The molecule has 1 aromatic heterocycles. The van der Waals surface area contributed by atoms with E-state index in [-0.39, 0.29) is 44.9 Å². The molecule has 28 heavy (non-hydrogen) atoms. The molecular formula is C16H11Cl4F3N2O3. The lowest BCUT2D eigenvalue weighted by atomic mass is 10.1. The number of halogens is 7. The fraction of sp³-hybridized carbons (Fsp3) is 0.250. The van der Waals surface area contributed by atoms with Crippen LogP contribution in [0.15, 0.2) is 18.2 Å². The van der Waals surface area contributed by atoms with Crippen molar-refractivity contribution in [2.24, 2.45) is 0 Å². The Labute approximate surface area is 177 Å². The van der Waals surface area contributed by atoms with Gasteiger partial charge in [-0.05, 0) is 18.2 Å². The van der Waals surface area contributed by atoms with E-state index in [2.05, 4.69) is 10.3 Å². The number of carbonyl (C=O) groups excluding carboxylic acids is 1. The molecule has 0 saturated carbocycles. The van der Waals surface area contributed by atoms with Gasteiger partial charge < -0.3 is 14.8 Å². The minimum Gasteiger partial charge on any atom is -0.489 e. The van der Waals surface area contributed by atoms with E-state index >= 15 is 0 Å². The Morgan fingerprint density at radius 1 is 1.11 bits per heavy atom. The van der Waals surface area contributed by atoms with Gasteiger partial charge in [-0.15, -0.1) is 0 Å². The highest BCUT2D eigenvalue weighted by molar-refractivity contribution is 6.52. The van der Waals surface area contributed by atoms with Crippen LogP contribution in [0.3, 0.4) is 0 Å². The Hall–Kier alpha value is -1.45. The fourth-order valence-electron chi connectivity index (χ4n) is 1.98. The molecular weight excluding hydrogens is 467 g/mol. The van der Waals surface area contributed by atoms with Crippen molar-refractivity contribution in [2.45, 2.75) is 6.18 Å². The normalized spacial score (nSPS) is 11.4. The van der Waals surface area contributed by atoms with E-state index in [9.17, 15) is 18.0 Å². The molecule has 0 aliphatic carbocycles. The topological polar surface area (TPSA) is 60.5 Å². The third-order valence-electron chi connectivity index (χ3n) is 3.30. The summed E-state index contributed by atoms with van der Waals surface area (Å²) in [6.07, 6.45) is -4.63.